The Hall–Kier alpha value is -4.18. The third-order valence-electron chi connectivity index (χ3n) is 4.84. The zero-order valence-corrected chi connectivity index (χ0v) is 21.7. The van der Waals surface area contributed by atoms with Crippen LogP contribution in [-0.4, -0.2) is 51.2 Å². The average Bonchev–Trinajstić information content (AvgIpc) is 2.92. The highest BCUT2D eigenvalue weighted by atomic mass is 32.2. The molecule has 3 aromatic carbocycles. The van der Waals surface area contributed by atoms with E-state index in [2.05, 4.69) is 15.8 Å². The van der Waals surface area contributed by atoms with Crippen LogP contribution < -0.4 is 29.7 Å². The van der Waals surface area contributed by atoms with Gasteiger partial charge < -0.3 is 24.3 Å². The molecule has 0 heterocycles. The molecule has 0 aliphatic rings. The smallest absolute Gasteiger partial charge is 0.262 e. The third kappa shape index (κ3) is 8.76. The third-order valence-corrected chi connectivity index (χ3v) is 5.85. The number of thioether (sulfide) groups is 1. The fraction of sp³-hybridized carbons (Fsp3) is 0.222. The molecular formula is C27H29N3O6S. The van der Waals surface area contributed by atoms with Gasteiger partial charge >= 0.3 is 0 Å². The molecule has 37 heavy (non-hydrogen) atoms. The van der Waals surface area contributed by atoms with E-state index in [1.165, 1.54) is 25.1 Å². The minimum Gasteiger partial charge on any atom is -0.497 e. The summed E-state index contributed by atoms with van der Waals surface area (Å²) in [5.41, 5.74) is 3.76. The van der Waals surface area contributed by atoms with Crippen molar-refractivity contribution in [3.63, 3.8) is 0 Å². The zero-order valence-electron chi connectivity index (χ0n) is 20.9. The number of hydrazone groups is 1. The predicted molar refractivity (Wildman–Crippen MR) is 144 cm³/mol. The normalized spacial score (nSPS) is 10.6. The van der Waals surface area contributed by atoms with Crippen LogP contribution in [0.15, 0.2) is 76.7 Å². The summed E-state index contributed by atoms with van der Waals surface area (Å²) in [5.74, 6) is 1.83. The van der Waals surface area contributed by atoms with Gasteiger partial charge in [0.2, 0.25) is 5.91 Å². The maximum absolute atomic E-state index is 12.4. The van der Waals surface area contributed by atoms with Gasteiger partial charge in [-0.2, -0.15) is 5.10 Å². The van der Waals surface area contributed by atoms with Crippen LogP contribution in [0.3, 0.4) is 0 Å². The van der Waals surface area contributed by atoms with Gasteiger partial charge in [0.25, 0.3) is 5.91 Å². The van der Waals surface area contributed by atoms with E-state index >= 15 is 0 Å². The first kappa shape index (κ1) is 27.4. The van der Waals surface area contributed by atoms with Crippen LogP contribution in [-0.2, 0) is 9.59 Å². The van der Waals surface area contributed by atoms with Crippen LogP contribution >= 0.6 is 11.8 Å². The fourth-order valence-electron chi connectivity index (χ4n) is 3.10. The van der Waals surface area contributed by atoms with Crippen molar-refractivity contribution in [3.05, 3.63) is 72.3 Å². The molecule has 2 amide bonds. The van der Waals surface area contributed by atoms with Crippen LogP contribution in [0.25, 0.3) is 0 Å². The van der Waals surface area contributed by atoms with E-state index < -0.39 is 0 Å². The second-order valence-corrected chi connectivity index (χ2v) is 8.48. The van der Waals surface area contributed by atoms with E-state index in [9.17, 15) is 9.59 Å². The molecule has 3 aromatic rings. The lowest BCUT2D eigenvalue weighted by Gasteiger charge is -2.13. The first-order chi connectivity index (χ1) is 18.0. The molecule has 0 radical (unpaired) electrons. The summed E-state index contributed by atoms with van der Waals surface area (Å²) < 4.78 is 21.7. The van der Waals surface area contributed by atoms with Crippen molar-refractivity contribution in [3.8, 4) is 23.0 Å². The van der Waals surface area contributed by atoms with Crippen molar-refractivity contribution >= 4 is 35.5 Å². The first-order valence-corrected chi connectivity index (χ1v) is 12.4. The van der Waals surface area contributed by atoms with Gasteiger partial charge in [-0.1, -0.05) is 12.1 Å². The molecule has 0 saturated heterocycles. The zero-order chi connectivity index (χ0) is 26.5. The second-order valence-electron chi connectivity index (χ2n) is 7.43. The summed E-state index contributed by atoms with van der Waals surface area (Å²) >= 11 is 1.40. The summed E-state index contributed by atoms with van der Waals surface area (Å²) in [6.07, 6.45) is 1.51. The molecule has 0 bridgehead atoms. The molecule has 0 saturated carbocycles. The standard InChI is InChI=1S/C27H29N3O6S/c1-4-35-25-15-19(16-28-30-27(32)18-37-21-12-10-20(33-2)11-13-21)9-14-24(25)36-17-26(31)29-22-7-5-6-8-23(22)34-3/h5-16H,4,17-18H2,1-3H3,(H,29,31)(H,30,32)/b28-16+. The maximum atomic E-state index is 12.4. The second kappa shape index (κ2) is 14.4. The number of nitrogens with zero attached hydrogens (tertiary/aromatic N) is 1. The van der Waals surface area contributed by atoms with Gasteiger partial charge in [0.1, 0.15) is 11.5 Å². The number of carbonyl (C=O) groups excluding carboxylic acids is 2. The Morgan fingerprint density at radius 1 is 0.892 bits per heavy atom. The Kier molecular flexibility index (Phi) is 10.7. The minimum absolute atomic E-state index is 0.215. The molecule has 0 spiro atoms. The first-order valence-electron chi connectivity index (χ1n) is 11.4. The number of nitrogens with one attached hydrogen (secondary N) is 2. The van der Waals surface area contributed by atoms with Gasteiger partial charge in [0.15, 0.2) is 18.1 Å². The van der Waals surface area contributed by atoms with Crippen LogP contribution in [0.1, 0.15) is 12.5 Å². The number of carbonyl (C=O) groups is 2. The minimum atomic E-state index is -0.340. The van der Waals surface area contributed by atoms with Crippen LogP contribution in [0, 0.1) is 0 Å². The summed E-state index contributed by atoms with van der Waals surface area (Å²) in [7, 11) is 3.14. The Morgan fingerprint density at radius 2 is 1.68 bits per heavy atom. The van der Waals surface area contributed by atoms with Crippen molar-refractivity contribution in [2.45, 2.75) is 11.8 Å². The SMILES string of the molecule is CCOc1cc(/C=N/NC(=O)CSc2ccc(OC)cc2)ccc1OCC(=O)Nc1ccccc1OC. The van der Waals surface area contributed by atoms with E-state index in [0.717, 1.165) is 10.6 Å². The highest BCUT2D eigenvalue weighted by Gasteiger charge is 2.11. The van der Waals surface area contributed by atoms with Gasteiger partial charge in [-0.15, -0.1) is 11.8 Å². The molecule has 0 atom stereocenters. The fourth-order valence-corrected chi connectivity index (χ4v) is 3.79. The van der Waals surface area contributed by atoms with E-state index in [4.69, 9.17) is 18.9 Å². The predicted octanol–water partition coefficient (Wildman–Crippen LogP) is 4.36. The van der Waals surface area contributed by atoms with E-state index in [0.29, 0.717) is 35.1 Å². The van der Waals surface area contributed by atoms with Gasteiger partial charge in [0.05, 0.1) is 38.5 Å². The maximum Gasteiger partial charge on any atom is 0.262 e. The van der Waals surface area contributed by atoms with Gasteiger partial charge in [0, 0.05) is 4.90 Å². The van der Waals surface area contributed by atoms with E-state index in [1.807, 2.05) is 37.3 Å². The van der Waals surface area contributed by atoms with Crippen molar-refractivity contribution in [1.82, 2.24) is 5.43 Å². The highest BCUT2D eigenvalue weighted by Crippen LogP contribution is 2.28. The number of para-hydroxylation sites is 2. The number of hydrogen-bond donors (Lipinski definition) is 2. The van der Waals surface area contributed by atoms with Crippen molar-refractivity contribution in [2.24, 2.45) is 5.10 Å². The topological polar surface area (TPSA) is 107 Å². The lowest BCUT2D eigenvalue weighted by Crippen LogP contribution is -2.20. The molecule has 3 rings (SSSR count). The molecule has 0 aromatic heterocycles. The quantitative estimate of drug-likeness (QED) is 0.195. The Balaban J connectivity index is 1.52. The Bertz CT molecular complexity index is 1220. The molecule has 0 unspecified atom stereocenters. The van der Waals surface area contributed by atoms with Crippen molar-refractivity contribution in [2.75, 3.05) is 38.5 Å². The number of benzene rings is 3. The molecule has 9 nitrogen and oxygen atoms in total. The highest BCUT2D eigenvalue weighted by molar-refractivity contribution is 8.00. The number of anilines is 1. The largest absolute Gasteiger partial charge is 0.497 e. The molecule has 2 N–H and O–H groups in total. The number of hydrogen-bond acceptors (Lipinski definition) is 8. The lowest BCUT2D eigenvalue weighted by atomic mass is 10.2. The monoisotopic (exact) mass is 523 g/mol. The van der Waals surface area contributed by atoms with Crippen molar-refractivity contribution < 1.29 is 28.5 Å². The molecule has 0 aliphatic heterocycles. The average molecular weight is 524 g/mol. The number of amides is 2. The molecule has 10 heteroatoms. The number of ether oxygens (including phenoxy) is 4. The number of methoxy groups -OCH3 is 2. The van der Waals surface area contributed by atoms with Crippen molar-refractivity contribution in [1.29, 1.82) is 0 Å². The molecule has 0 aliphatic carbocycles. The van der Waals surface area contributed by atoms with Gasteiger partial charge in [-0.25, -0.2) is 5.43 Å². The summed E-state index contributed by atoms with van der Waals surface area (Å²) in [6.45, 7) is 2.04. The molecule has 194 valence electrons. The Labute approximate surface area is 220 Å². The van der Waals surface area contributed by atoms with Gasteiger partial charge in [-0.3, -0.25) is 9.59 Å². The van der Waals surface area contributed by atoms with Gasteiger partial charge in [-0.05, 0) is 67.1 Å². The number of rotatable bonds is 13. The molecule has 0 fully saturated rings. The lowest BCUT2D eigenvalue weighted by molar-refractivity contribution is -0.119. The molecular weight excluding hydrogens is 494 g/mol. The van der Waals surface area contributed by atoms with E-state index in [-0.39, 0.29) is 24.2 Å². The van der Waals surface area contributed by atoms with Crippen LogP contribution in [0.5, 0.6) is 23.0 Å². The van der Waals surface area contributed by atoms with Crippen LogP contribution in [0.4, 0.5) is 5.69 Å². The van der Waals surface area contributed by atoms with E-state index in [1.54, 1.807) is 43.5 Å². The summed E-state index contributed by atoms with van der Waals surface area (Å²) in [5, 5.41) is 6.78. The summed E-state index contributed by atoms with van der Waals surface area (Å²) in [6, 6.07) is 19.7. The Morgan fingerprint density at radius 3 is 2.41 bits per heavy atom. The summed E-state index contributed by atoms with van der Waals surface area (Å²) in [4.78, 5) is 25.4. The van der Waals surface area contributed by atoms with Crippen LogP contribution in [0.2, 0.25) is 0 Å².